The van der Waals surface area contributed by atoms with Gasteiger partial charge in [0.05, 0.1) is 18.5 Å². The van der Waals surface area contributed by atoms with Gasteiger partial charge in [0.25, 0.3) is 0 Å². The van der Waals surface area contributed by atoms with Crippen molar-refractivity contribution in [2.75, 3.05) is 0 Å². The molecule has 0 aliphatic carbocycles. The van der Waals surface area contributed by atoms with Crippen LogP contribution in [0.25, 0.3) is 11.1 Å². The zero-order chi connectivity index (χ0) is 14.8. The highest BCUT2D eigenvalue weighted by atomic mass is 19.4. The van der Waals surface area contributed by atoms with E-state index in [0.29, 0.717) is 0 Å². The number of aromatic nitrogens is 1. The largest absolute Gasteiger partial charge is 0.573 e. The van der Waals surface area contributed by atoms with Crippen molar-refractivity contribution in [1.29, 1.82) is 0 Å². The number of nitrogens with zero attached hydrogens (tertiary/aromatic N) is 1. The highest BCUT2D eigenvalue weighted by molar-refractivity contribution is 5.72. The van der Waals surface area contributed by atoms with Crippen molar-refractivity contribution in [3.8, 4) is 16.9 Å². The lowest BCUT2D eigenvalue weighted by molar-refractivity contribution is -0.274. The molecule has 1 aromatic heterocycles. The van der Waals surface area contributed by atoms with Gasteiger partial charge < -0.3 is 9.84 Å². The summed E-state index contributed by atoms with van der Waals surface area (Å²) in [7, 11) is 0. The molecule has 2 aromatic rings. The van der Waals surface area contributed by atoms with Crippen LogP contribution in [-0.2, 0) is 6.61 Å². The highest BCUT2D eigenvalue weighted by Gasteiger charge is 2.32. The third kappa shape index (κ3) is 3.24. The van der Waals surface area contributed by atoms with Crippen LogP contribution in [0.4, 0.5) is 17.6 Å². The number of para-hydroxylation sites is 1. The predicted octanol–water partition coefficient (Wildman–Crippen LogP) is 3.28. The van der Waals surface area contributed by atoms with Crippen molar-refractivity contribution in [1.82, 2.24) is 4.98 Å². The molecular weight excluding hydrogens is 278 g/mol. The van der Waals surface area contributed by atoms with Crippen LogP contribution in [0.3, 0.4) is 0 Å². The van der Waals surface area contributed by atoms with Crippen molar-refractivity contribution in [2.45, 2.75) is 13.0 Å². The Kier molecular flexibility index (Phi) is 3.89. The van der Waals surface area contributed by atoms with E-state index < -0.39 is 24.5 Å². The zero-order valence-electron chi connectivity index (χ0n) is 9.99. The van der Waals surface area contributed by atoms with E-state index in [-0.39, 0.29) is 16.8 Å². The number of halogens is 4. The Balaban J connectivity index is 2.55. The van der Waals surface area contributed by atoms with Crippen LogP contribution >= 0.6 is 0 Å². The summed E-state index contributed by atoms with van der Waals surface area (Å²) >= 11 is 0. The first-order chi connectivity index (χ1) is 9.40. The van der Waals surface area contributed by atoms with E-state index in [1.807, 2.05) is 0 Å². The normalized spacial score (nSPS) is 11.4. The molecule has 1 aromatic carbocycles. The maximum absolute atomic E-state index is 13.2. The number of benzene rings is 1. The van der Waals surface area contributed by atoms with E-state index in [1.165, 1.54) is 18.2 Å². The number of pyridine rings is 1. The monoisotopic (exact) mass is 287 g/mol. The molecule has 20 heavy (non-hydrogen) atoms. The minimum Gasteiger partial charge on any atom is -0.405 e. The fourth-order valence-corrected chi connectivity index (χ4v) is 1.73. The molecule has 0 amide bonds. The van der Waals surface area contributed by atoms with Crippen LogP contribution in [0.5, 0.6) is 5.75 Å². The SMILES string of the molecule is OCc1ncc(F)cc1-c1ccccc1OC(F)(F)F. The van der Waals surface area contributed by atoms with Crippen molar-refractivity contribution >= 4 is 0 Å². The summed E-state index contributed by atoms with van der Waals surface area (Å²) in [6.45, 7) is -0.532. The second kappa shape index (κ2) is 5.46. The van der Waals surface area contributed by atoms with Gasteiger partial charge in [0.15, 0.2) is 0 Å². The minimum absolute atomic E-state index is 0.000810. The van der Waals surface area contributed by atoms with Crippen LogP contribution in [0.15, 0.2) is 36.5 Å². The summed E-state index contributed by atoms with van der Waals surface area (Å²) in [6.07, 6.45) is -3.99. The van der Waals surface area contributed by atoms with Gasteiger partial charge in [-0.2, -0.15) is 0 Å². The summed E-state index contributed by atoms with van der Waals surface area (Å²) in [5, 5.41) is 9.15. The third-order valence-electron chi connectivity index (χ3n) is 2.49. The first-order valence-corrected chi connectivity index (χ1v) is 5.51. The van der Waals surface area contributed by atoms with E-state index in [0.717, 1.165) is 18.3 Å². The molecule has 0 unspecified atom stereocenters. The average Bonchev–Trinajstić information content (AvgIpc) is 2.37. The zero-order valence-corrected chi connectivity index (χ0v) is 9.99. The Morgan fingerprint density at radius 2 is 1.85 bits per heavy atom. The molecule has 0 spiro atoms. The summed E-state index contributed by atoms with van der Waals surface area (Å²) in [5.41, 5.74) is 0.109. The lowest BCUT2D eigenvalue weighted by Crippen LogP contribution is -2.17. The first kappa shape index (κ1) is 14.3. The Labute approximate surface area is 111 Å². The topological polar surface area (TPSA) is 42.4 Å². The van der Waals surface area contributed by atoms with Crippen molar-refractivity contribution in [3.05, 3.63) is 48.0 Å². The maximum atomic E-state index is 13.2. The molecule has 0 saturated heterocycles. The highest BCUT2D eigenvalue weighted by Crippen LogP contribution is 2.35. The molecule has 1 heterocycles. The number of ether oxygens (including phenoxy) is 1. The molecule has 3 nitrogen and oxygen atoms in total. The molecule has 0 aliphatic rings. The Hall–Kier alpha value is -2.15. The molecular formula is C13H9F4NO2. The van der Waals surface area contributed by atoms with E-state index in [4.69, 9.17) is 5.11 Å². The second-order valence-electron chi connectivity index (χ2n) is 3.85. The van der Waals surface area contributed by atoms with E-state index in [1.54, 1.807) is 0 Å². The maximum Gasteiger partial charge on any atom is 0.573 e. The second-order valence-corrected chi connectivity index (χ2v) is 3.85. The summed E-state index contributed by atoms with van der Waals surface area (Å²) in [6, 6.07) is 6.27. The molecule has 2 rings (SSSR count). The van der Waals surface area contributed by atoms with Crippen molar-refractivity contribution in [2.24, 2.45) is 0 Å². The van der Waals surface area contributed by atoms with Crippen LogP contribution in [-0.4, -0.2) is 16.5 Å². The molecule has 0 saturated carbocycles. The molecule has 0 aliphatic heterocycles. The molecule has 0 fully saturated rings. The van der Waals surface area contributed by atoms with Crippen molar-refractivity contribution < 1.29 is 27.4 Å². The van der Waals surface area contributed by atoms with Gasteiger partial charge in [0, 0.05) is 11.1 Å². The summed E-state index contributed by atoms with van der Waals surface area (Å²) in [5.74, 6) is -1.21. The van der Waals surface area contributed by atoms with Gasteiger partial charge in [-0.1, -0.05) is 18.2 Å². The number of rotatable bonds is 3. The lowest BCUT2D eigenvalue weighted by atomic mass is 10.0. The fraction of sp³-hybridized carbons (Fsp3) is 0.154. The quantitative estimate of drug-likeness (QED) is 0.881. The Bertz CT molecular complexity index is 614. The number of hydrogen-bond donors (Lipinski definition) is 1. The van der Waals surface area contributed by atoms with Gasteiger partial charge in [-0.05, 0) is 12.1 Å². The number of alkyl halides is 3. The van der Waals surface area contributed by atoms with E-state index in [9.17, 15) is 17.6 Å². The standard InChI is InChI=1S/C13H9F4NO2/c14-8-5-10(11(7-19)18-6-8)9-3-1-2-4-12(9)20-13(15,16)17/h1-6,19H,7H2. The molecule has 7 heteroatoms. The van der Waals surface area contributed by atoms with Gasteiger partial charge in [-0.25, -0.2) is 4.39 Å². The van der Waals surface area contributed by atoms with E-state index in [2.05, 4.69) is 9.72 Å². The Morgan fingerprint density at radius 3 is 2.50 bits per heavy atom. The van der Waals surface area contributed by atoms with Gasteiger partial charge in [0.1, 0.15) is 11.6 Å². The van der Waals surface area contributed by atoms with Gasteiger partial charge in [-0.15, -0.1) is 13.2 Å². The first-order valence-electron chi connectivity index (χ1n) is 5.51. The summed E-state index contributed by atoms with van der Waals surface area (Å²) < 4.78 is 54.1. The molecule has 0 atom stereocenters. The van der Waals surface area contributed by atoms with Gasteiger partial charge >= 0.3 is 6.36 Å². The number of aliphatic hydroxyl groups is 1. The van der Waals surface area contributed by atoms with Crippen LogP contribution in [0, 0.1) is 5.82 Å². The predicted molar refractivity (Wildman–Crippen MR) is 62.2 cm³/mol. The lowest BCUT2D eigenvalue weighted by Gasteiger charge is -2.14. The molecule has 0 radical (unpaired) electrons. The van der Waals surface area contributed by atoms with Crippen molar-refractivity contribution in [3.63, 3.8) is 0 Å². The minimum atomic E-state index is -4.86. The number of aliphatic hydroxyl groups excluding tert-OH is 1. The molecule has 106 valence electrons. The van der Waals surface area contributed by atoms with Crippen LogP contribution in [0.2, 0.25) is 0 Å². The molecule has 1 N–H and O–H groups in total. The average molecular weight is 287 g/mol. The van der Waals surface area contributed by atoms with Gasteiger partial charge in [0.2, 0.25) is 0 Å². The van der Waals surface area contributed by atoms with Crippen LogP contribution < -0.4 is 4.74 Å². The number of hydrogen-bond acceptors (Lipinski definition) is 3. The smallest absolute Gasteiger partial charge is 0.405 e. The van der Waals surface area contributed by atoms with Crippen LogP contribution in [0.1, 0.15) is 5.69 Å². The fourth-order valence-electron chi connectivity index (χ4n) is 1.73. The van der Waals surface area contributed by atoms with E-state index >= 15 is 0 Å². The Morgan fingerprint density at radius 1 is 1.15 bits per heavy atom. The third-order valence-corrected chi connectivity index (χ3v) is 2.49. The van der Waals surface area contributed by atoms with Gasteiger partial charge in [-0.3, -0.25) is 4.98 Å². The summed E-state index contributed by atoms with van der Waals surface area (Å²) in [4.78, 5) is 3.65. The molecule has 0 bridgehead atoms.